The van der Waals surface area contributed by atoms with Gasteiger partial charge >= 0.3 is 6.18 Å². The third-order valence-electron chi connectivity index (χ3n) is 3.93. The molecule has 0 aliphatic heterocycles. The van der Waals surface area contributed by atoms with Gasteiger partial charge in [-0.3, -0.25) is 4.79 Å². The number of hydrogen-bond donors (Lipinski definition) is 2. The molecular formula is C19H15F3N4O. The molecule has 0 saturated carbocycles. The molecule has 3 rings (SSSR count). The SMILES string of the molecule is Cc1ccc(C(=O)Nc2cccc(C(F)(F)F)c2)cc1-c1cnc(N)nc1. The number of nitrogens with zero attached hydrogens (tertiary/aromatic N) is 2. The highest BCUT2D eigenvalue weighted by Gasteiger charge is 2.30. The van der Waals surface area contributed by atoms with E-state index in [1.165, 1.54) is 12.1 Å². The molecule has 0 unspecified atom stereocenters. The van der Waals surface area contributed by atoms with Crippen LogP contribution in [0.15, 0.2) is 54.9 Å². The minimum absolute atomic E-state index is 0.0627. The molecule has 0 radical (unpaired) electrons. The third kappa shape index (κ3) is 4.22. The van der Waals surface area contributed by atoms with Crippen molar-refractivity contribution in [2.24, 2.45) is 0 Å². The van der Waals surface area contributed by atoms with Gasteiger partial charge in [-0.25, -0.2) is 9.97 Å². The lowest BCUT2D eigenvalue weighted by Gasteiger charge is -2.11. The third-order valence-corrected chi connectivity index (χ3v) is 3.93. The number of amides is 1. The molecule has 3 N–H and O–H groups in total. The average Bonchev–Trinajstić information content (AvgIpc) is 2.62. The zero-order chi connectivity index (χ0) is 19.6. The van der Waals surface area contributed by atoms with E-state index < -0.39 is 17.6 Å². The molecule has 0 atom stereocenters. The summed E-state index contributed by atoms with van der Waals surface area (Å²) in [5.74, 6) is -0.387. The molecular weight excluding hydrogens is 357 g/mol. The highest BCUT2D eigenvalue weighted by molar-refractivity contribution is 6.05. The Morgan fingerprint density at radius 2 is 1.78 bits per heavy atom. The number of alkyl halides is 3. The molecule has 138 valence electrons. The van der Waals surface area contributed by atoms with E-state index in [2.05, 4.69) is 15.3 Å². The molecule has 0 spiro atoms. The summed E-state index contributed by atoms with van der Waals surface area (Å²) in [7, 11) is 0. The van der Waals surface area contributed by atoms with Crippen molar-refractivity contribution in [2.45, 2.75) is 13.1 Å². The number of aryl methyl sites for hydroxylation is 1. The fourth-order valence-corrected chi connectivity index (χ4v) is 2.53. The number of benzene rings is 2. The Balaban J connectivity index is 1.88. The molecule has 0 aliphatic carbocycles. The van der Waals surface area contributed by atoms with Crippen LogP contribution in [0.3, 0.4) is 0 Å². The van der Waals surface area contributed by atoms with Crippen LogP contribution in [0, 0.1) is 6.92 Å². The Bertz CT molecular complexity index is 985. The molecule has 27 heavy (non-hydrogen) atoms. The van der Waals surface area contributed by atoms with Crippen LogP contribution in [-0.2, 0) is 6.18 Å². The van der Waals surface area contributed by atoms with Crippen molar-refractivity contribution in [3.05, 3.63) is 71.5 Å². The van der Waals surface area contributed by atoms with Gasteiger partial charge in [-0.2, -0.15) is 13.2 Å². The van der Waals surface area contributed by atoms with Crippen LogP contribution >= 0.6 is 0 Å². The molecule has 2 aromatic carbocycles. The smallest absolute Gasteiger partial charge is 0.368 e. The second kappa shape index (κ2) is 7.06. The van der Waals surface area contributed by atoms with E-state index in [1.807, 2.05) is 6.92 Å². The Kier molecular flexibility index (Phi) is 4.81. The summed E-state index contributed by atoms with van der Waals surface area (Å²) in [6, 6.07) is 9.45. The van der Waals surface area contributed by atoms with Crippen molar-refractivity contribution in [2.75, 3.05) is 11.1 Å². The van der Waals surface area contributed by atoms with Crippen molar-refractivity contribution in [1.82, 2.24) is 9.97 Å². The van der Waals surface area contributed by atoms with Crippen LogP contribution in [-0.4, -0.2) is 15.9 Å². The van der Waals surface area contributed by atoms with Gasteiger partial charge in [0.2, 0.25) is 5.95 Å². The van der Waals surface area contributed by atoms with Crippen LogP contribution < -0.4 is 11.1 Å². The molecule has 5 nitrogen and oxygen atoms in total. The number of rotatable bonds is 3. The maximum atomic E-state index is 12.8. The highest BCUT2D eigenvalue weighted by atomic mass is 19.4. The molecule has 0 bridgehead atoms. The Morgan fingerprint density at radius 3 is 2.44 bits per heavy atom. The van der Waals surface area contributed by atoms with Gasteiger partial charge in [0.15, 0.2) is 0 Å². The molecule has 1 heterocycles. The molecule has 0 saturated heterocycles. The lowest BCUT2D eigenvalue weighted by Crippen LogP contribution is -2.13. The van der Waals surface area contributed by atoms with E-state index in [-0.39, 0.29) is 11.6 Å². The first-order chi connectivity index (χ1) is 12.7. The first-order valence-corrected chi connectivity index (χ1v) is 7.91. The van der Waals surface area contributed by atoms with E-state index in [4.69, 9.17) is 5.73 Å². The summed E-state index contributed by atoms with van der Waals surface area (Å²) in [6.07, 6.45) is -1.40. The van der Waals surface area contributed by atoms with Gasteiger partial charge in [-0.1, -0.05) is 12.1 Å². The van der Waals surface area contributed by atoms with Crippen LogP contribution in [0.4, 0.5) is 24.8 Å². The normalized spacial score (nSPS) is 11.3. The monoisotopic (exact) mass is 372 g/mol. The fraction of sp³-hybridized carbons (Fsp3) is 0.105. The summed E-state index contributed by atoms with van der Waals surface area (Å²) in [5, 5.41) is 2.49. The van der Waals surface area contributed by atoms with Crippen LogP contribution in [0.1, 0.15) is 21.5 Å². The van der Waals surface area contributed by atoms with E-state index in [0.717, 1.165) is 23.3 Å². The van der Waals surface area contributed by atoms with Gasteiger partial charge in [0.25, 0.3) is 5.91 Å². The molecule has 8 heteroatoms. The van der Waals surface area contributed by atoms with Gasteiger partial charge in [0.05, 0.1) is 5.56 Å². The first kappa shape index (κ1) is 18.4. The Hall–Kier alpha value is -3.42. The number of carbonyl (C=O) groups is 1. The summed E-state index contributed by atoms with van der Waals surface area (Å²) in [6.45, 7) is 1.86. The topological polar surface area (TPSA) is 80.9 Å². The lowest BCUT2D eigenvalue weighted by atomic mass is 10.00. The second-order valence-corrected chi connectivity index (χ2v) is 5.89. The van der Waals surface area contributed by atoms with Crippen LogP contribution in [0.2, 0.25) is 0 Å². The maximum Gasteiger partial charge on any atom is 0.416 e. The molecule has 1 aromatic heterocycles. The lowest BCUT2D eigenvalue weighted by molar-refractivity contribution is -0.137. The largest absolute Gasteiger partial charge is 0.416 e. The molecule has 0 fully saturated rings. The van der Waals surface area contributed by atoms with Crippen molar-refractivity contribution in [3.63, 3.8) is 0 Å². The minimum Gasteiger partial charge on any atom is -0.368 e. The van der Waals surface area contributed by atoms with Crippen molar-refractivity contribution < 1.29 is 18.0 Å². The summed E-state index contributed by atoms with van der Waals surface area (Å²) < 4.78 is 38.4. The predicted molar refractivity (Wildman–Crippen MR) is 96.0 cm³/mol. The quantitative estimate of drug-likeness (QED) is 0.718. The van der Waals surface area contributed by atoms with E-state index >= 15 is 0 Å². The summed E-state index contributed by atoms with van der Waals surface area (Å²) >= 11 is 0. The zero-order valence-corrected chi connectivity index (χ0v) is 14.2. The zero-order valence-electron chi connectivity index (χ0n) is 14.2. The van der Waals surface area contributed by atoms with E-state index in [0.29, 0.717) is 11.1 Å². The first-order valence-electron chi connectivity index (χ1n) is 7.91. The maximum absolute atomic E-state index is 12.8. The number of hydrogen-bond acceptors (Lipinski definition) is 4. The van der Waals surface area contributed by atoms with Crippen molar-refractivity contribution in [3.8, 4) is 11.1 Å². The number of carbonyl (C=O) groups excluding carboxylic acids is 1. The van der Waals surface area contributed by atoms with Gasteiger partial charge in [0, 0.05) is 29.2 Å². The summed E-state index contributed by atoms with van der Waals surface area (Å²) in [5.41, 5.74) is 7.31. The molecule has 0 aliphatic rings. The second-order valence-electron chi connectivity index (χ2n) is 5.89. The number of halogens is 3. The average molecular weight is 372 g/mol. The summed E-state index contributed by atoms with van der Waals surface area (Å²) in [4.78, 5) is 20.3. The van der Waals surface area contributed by atoms with E-state index in [1.54, 1.807) is 30.6 Å². The highest BCUT2D eigenvalue weighted by Crippen LogP contribution is 2.31. The Labute approximate surface area is 153 Å². The number of nitrogen functional groups attached to an aromatic ring is 1. The molecule has 3 aromatic rings. The fourth-order valence-electron chi connectivity index (χ4n) is 2.53. The number of aromatic nitrogens is 2. The molecule has 1 amide bonds. The van der Waals surface area contributed by atoms with Gasteiger partial charge in [-0.15, -0.1) is 0 Å². The minimum atomic E-state index is -4.48. The van der Waals surface area contributed by atoms with Gasteiger partial charge in [-0.05, 0) is 48.4 Å². The van der Waals surface area contributed by atoms with E-state index in [9.17, 15) is 18.0 Å². The van der Waals surface area contributed by atoms with Crippen molar-refractivity contribution in [1.29, 1.82) is 0 Å². The van der Waals surface area contributed by atoms with Crippen LogP contribution in [0.5, 0.6) is 0 Å². The Morgan fingerprint density at radius 1 is 1.07 bits per heavy atom. The van der Waals surface area contributed by atoms with Gasteiger partial charge < -0.3 is 11.1 Å². The number of nitrogens with two attached hydrogens (primary N) is 1. The number of anilines is 2. The number of nitrogens with one attached hydrogen (secondary N) is 1. The standard InChI is InChI=1S/C19H15F3N4O/c1-11-5-6-12(7-16(11)13-9-24-18(23)25-10-13)17(27)26-15-4-2-3-14(8-15)19(20,21)22/h2-10H,1H3,(H,26,27)(H2,23,24,25). The predicted octanol–water partition coefficient (Wildman–Crippen LogP) is 4.31. The van der Waals surface area contributed by atoms with Crippen LogP contribution in [0.25, 0.3) is 11.1 Å². The van der Waals surface area contributed by atoms with Gasteiger partial charge in [0.1, 0.15) is 0 Å². The van der Waals surface area contributed by atoms with Crippen molar-refractivity contribution >= 4 is 17.5 Å².